The summed E-state index contributed by atoms with van der Waals surface area (Å²) in [6, 6.07) is 15.4. The quantitative estimate of drug-likeness (QED) is 0.333. The molecule has 0 bridgehead atoms. The molecule has 0 amide bonds. The van der Waals surface area contributed by atoms with E-state index in [1.165, 1.54) is 22.2 Å². The molecule has 0 radical (unpaired) electrons. The van der Waals surface area contributed by atoms with Crippen LogP contribution in [0.15, 0.2) is 42.5 Å². The molecule has 0 spiro atoms. The first-order valence-electron chi connectivity index (χ1n) is 13.1. The molecule has 1 aromatic heterocycles. The van der Waals surface area contributed by atoms with E-state index in [1.54, 1.807) is 4.31 Å². The lowest BCUT2D eigenvalue weighted by molar-refractivity contribution is 0.135. The van der Waals surface area contributed by atoms with Crippen molar-refractivity contribution in [1.29, 1.82) is 0 Å². The number of piperidine rings is 1. The van der Waals surface area contributed by atoms with E-state index in [-0.39, 0.29) is 11.9 Å². The molecule has 1 unspecified atom stereocenters. The molecule has 1 atom stereocenters. The van der Waals surface area contributed by atoms with Gasteiger partial charge in [-0.15, -0.1) is 0 Å². The first-order valence-corrected chi connectivity index (χ1v) is 18.8. The summed E-state index contributed by atoms with van der Waals surface area (Å²) in [5, 5.41) is 2.03. The van der Waals surface area contributed by atoms with Crippen molar-refractivity contribution in [3.05, 3.63) is 64.3 Å². The SMILES string of the molecule is C[Si](C)(C)CCS(=O)(=O)N1CCC(Oc2ccc(C3CCCc4c3[nH]c3ccc(Cl)cc43)cc2)CC1. The van der Waals surface area contributed by atoms with Crippen LogP contribution in [0, 0.1) is 0 Å². The number of halogens is 1. The van der Waals surface area contributed by atoms with Crippen molar-refractivity contribution in [3.8, 4) is 5.75 Å². The predicted octanol–water partition coefficient (Wildman–Crippen LogP) is 6.80. The van der Waals surface area contributed by atoms with Gasteiger partial charge in [0.05, 0.1) is 5.75 Å². The van der Waals surface area contributed by atoms with E-state index < -0.39 is 18.1 Å². The Morgan fingerprint density at radius 3 is 2.47 bits per heavy atom. The van der Waals surface area contributed by atoms with E-state index >= 15 is 0 Å². The number of hydrogen-bond acceptors (Lipinski definition) is 3. The fraction of sp³-hybridized carbons (Fsp3) is 0.500. The van der Waals surface area contributed by atoms with Gasteiger partial charge in [-0.3, -0.25) is 0 Å². The fourth-order valence-corrected chi connectivity index (χ4v) is 10.2. The lowest BCUT2D eigenvalue weighted by Gasteiger charge is -2.32. The smallest absolute Gasteiger partial charge is 0.213 e. The van der Waals surface area contributed by atoms with Crippen LogP contribution in [0.25, 0.3) is 10.9 Å². The normalized spacial score (nSPS) is 19.9. The first kappa shape index (κ1) is 25.8. The van der Waals surface area contributed by atoms with Gasteiger partial charge in [-0.05, 0) is 79.6 Å². The highest BCUT2D eigenvalue weighted by atomic mass is 35.5. The third-order valence-electron chi connectivity index (χ3n) is 7.66. The summed E-state index contributed by atoms with van der Waals surface area (Å²) in [5.41, 5.74) is 5.17. The van der Waals surface area contributed by atoms with Gasteiger partial charge in [0, 0.05) is 48.7 Å². The zero-order valence-corrected chi connectivity index (χ0v) is 24.1. The maximum Gasteiger partial charge on any atom is 0.213 e. The molecule has 1 aliphatic heterocycles. The Balaban J connectivity index is 1.21. The number of benzene rings is 2. The number of aryl methyl sites for hydroxylation is 1. The summed E-state index contributed by atoms with van der Waals surface area (Å²) in [6.07, 6.45) is 4.89. The van der Waals surface area contributed by atoms with Gasteiger partial charge in [0.2, 0.25) is 10.0 Å². The van der Waals surface area contributed by atoms with E-state index in [9.17, 15) is 8.42 Å². The summed E-state index contributed by atoms with van der Waals surface area (Å²) in [5.74, 6) is 1.49. The van der Waals surface area contributed by atoms with Gasteiger partial charge in [-0.2, -0.15) is 0 Å². The Bertz CT molecular complexity index is 1320. The van der Waals surface area contributed by atoms with E-state index in [0.717, 1.165) is 54.4 Å². The Morgan fingerprint density at radius 1 is 1.06 bits per heavy atom. The van der Waals surface area contributed by atoms with Crippen molar-refractivity contribution in [3.63, 3.8) is 0 Å². The number of nitrogens with one attached hydrogen (secondary N) is 1. The Morgan fingerprint density at radius 2 is 1.78 bits per heavy atom. The molecule has 2 aliphatic rings. The standard InChI is InChI=1S/C28H37ClN2O3SSi/c1-36(2,3)18-17-35(32,33)31-15-13-23(14-16-31)34-22-10-7-20(8-11-22)24-5-4-6-25-26-19-21(29)9-12-27(26)30-28(24)25/h7-12,19,23-24,30H,4-6,13-18H2,1-3H3. The number of sulfonamides is 1. The average Bonchev–Trinajstić information content (AvgIpc) is 3.21. The molecule has 1 saturated heterocycles. The molecule has 1 fully saturated rings. The molecule has 2 heterocycles. The van der Waals surface area contributed by atoms with Crippen LogP contribution in [-0.2, 0) is 16.4 Å². The Labute approximate surface area is 221 Å². The molecule has 0 saturated carbocycles. The van der Waals surface area contributed by atoms with Gasteiger partial charge < -0.3 is 9.72 Å². The van der Waals surface area contributed by atoms with E-state index in [1.807, 2.05) is 6.07 Å². The minimum atomic E-state index is -3.17. The topological polar surface area (TPSA) is 62.4 Å². The second kappa shape index (κ2) is 10.2. The van der Waals surface area contributed by atoms with E-state index in [4.69, 9.17) is 16.3 Å². The molecule has 1 N–H and O–H groups in total. The van der Waals surface area contributed by atoms with Gasteiger partial charge in [0.25, 0.3) is 0 Å². The molecule has 1 aliphatic carbocycles. The van der Waals surface area contributed by atoms with Crippen LogP contribution in [0.1, 0.15) is 48.4 Å². The number of fused-ring (bicyclic) bond motifs is 3. The van der Waals surface area contributed by atoms with Gasteiger partial charge >= 0.3 is 0 Å². The molecule has 8 heteroatoms. The highest BCUT2D eigenvalue weighted by Gasteiger charge is 2.30. The van der Waals surface area contributed by atoms with Crippen LogP contribution in [-0.4, -0.2) is 50.7 Å². The Kier molecular flexibility index (Phi) is 7.29. The summed E-state index contributed by atoms with van der Waals surface area (Å²) < 4.78 is 33.4. The molecule has 5 nitrogen and oxygen atoms in total. The predicted molar refractivity (Wildman–Crippen MR) is 152 cm³/mol. The highest BCUT2D eigenvalue weighted by Crippen LogP contribution is 2.40. The van der Waals surface area contributed by atoms with Crippen molar-refractivity contribution < 1.29 is 13.2 Å². The minimum absolute atomic E-state index is 0.0547. The zero-order chi connectivity index (χ0) is 25.5. The van der Waals surface area contributed by atoms with Crippen LogP contribution in [0.4, 0.5) is 0 Å². The maximum absolute atomic E-state index is 12.7. The maximum atomic E-state index is 12.7. The Hall–Kier alpha value is -1.80. The summed E-state index contributed by atoms with van der Waals surface area (Å²) >= 11 is 6.27. The summed E-state index contributed by atoms with van der Waals surface area (Å²) in [6.45, 7) is 7.75. The molecule has 194 valence electrons. The average molecular weight is 545 g/mol. The van der Waals surface area contributed by atoms with Crippen LogP contribution in [0.2, 0.25) is 30.7 Å². The molecular formula is C28H37ClN2O3SSi. The monoisotopic (exact) mass is 544 g/mol. The number of rotatable bonds is 7. The van der Waals surface area contributed by atoms with Crippen molar-refractivity contribution in [2.75, 3.05) is 18.8 Å². The summed E-state index contributed by atoms with van der Waals surface area (Å²) in [4.78, 5) is 3.66. The van der Waals surface area contributed by atoms with Crippen LogP contribution < -0.4 is 4.74 Å². The third kappa shape index (κ3) is 5.69. The van der Waals surface area contributed by atoms with Crippen LogP contribution >= 0.6 is 11.6 Å². The van der Waals surface area contributed by atoms with Crippen molar-refractivity contribution in [2.45, 2.75) is 69.8 Å². The lowest BCUT2D eigenvalue weighted by atomic mass is 9.82. The second-order valence-electron chi connectivity index (χ2n) is 11.6. The second-order valence-corrected chi connectivity index (χ2v) is 19.7. The van der Waals surface area contributed by atoms with Crippen molar-refractivity contribution in [1.82, 2.24) is 9.29 Å². The first-order chi connectivity index (χ1) is 17.1. The van der Waals surface area contributed by atoms with Gasteiger partial charge in [0.15, 0.2) is 0 Å². The van der Waals surface area contributed by atoms with Crippen LogP contribution in [0.5, 0.6) is 5.75 Å². The zero-order valence-electron chi connectivity index (χ0n) is 21.5. The van der Waals surface area contributed by atoms with Gasteiger partial charge in [-0.1, -0.05) is 43.4 Å². The molecule has 3 aromatic rings. The lowest BCUT2D eigenvalue weighted by Crippen LogP contribution is -2.43. The number of aromatic amines is 1. The van der Waals surface area contributed by atoms with E-state index in [0.29, 0.717) is 19.0 Å². The number of H-pyrrole nitrogens is 1. The highest BCUT2D eigenvalue weighted by molar-refractivity contribution is 7.89. The van der Waals surface area contributed by atoms with Crippen molar-refractivity contribution >= 4 is 40.6 Å². The fourth-order valence-electron chi connectivity index (χ4n) is 5.53. The number of nitrogens with zero attached hydrogens (tertiary/aromatic N) is 1. The van der Waals surface area contributed by atoms with Gasteiger partial charge in [0.1, 0.15) is 11.9 Å². The van der Waals surface area contributed by atoms with Gasteiger partial charge in [-0.25, -0.2) is 12.7 Å². The molecule has 2 aromatic carbocycles. The van der Waals surface area contributed by atoms with Crippen molar-refractivity contribution in [2.24, 2.45) is 0 Å². The minimum Gasteiger partial charge on any atom is -0.490 e. The molecule has 36 heavy (non-hydrogen) atoms. The largest absolute Gasteiger partial charge is 0.490 e. The van der Waals surface area contributed by atoms with Crippen LogP contribution in [0.3, 0.4) is 0 Å². The molecular weight excluding hydrogens is 508 g/mol. The van der Waals surface area contributed by atoms with E-state index in [2.05, 4.69) is 61.0 Å². The molecule has 5 rings (SSSR count). The number of hydrogen-bond donors (Lipinski definition) is 1. The third-order valence-corrected chi connectivity index (χ3v) is 11.9. The number of aromatic nitrogens is 1. The summed E-state index contributed by atoms with van der Waals surface area (Å²) in [7, 11) is -4.55. The number of ether oxygens (including phenoxy) is 1.